The van der Waals surface area contributed by atoms with Crippen LogP contribution in [-0.4, -0.2) is 9.78 Å². The second kappa shape index (κ2) is 4.16. The zero-order valence-electron chi connectivity index (χ0n) is 9.40. The fraction of sp³-hybridized carbons (Fsp3) is 0.250. The molecule has 3 nitrogen and oxygen atoms in total. The number of alkyl halides is 2. The van der Waals surface area contributed by atoms with Gasteiger partial charge in [-0.1, -0.05) is 30.3 Å². The van der Waals surface area contributed by atoms with Crippen LogP contribution >= 0.6 is 0 Å². The van der Waals surface area contributed by atoms with E-state index in [1.54, 1.807) is 25.1 Å². The number of aryl methyl sites for hydroxylation is 1. The molecule has 5 heteroatoms. The van der Waals surface area contributed by atoms with Crippen LogP contribution in [0.1, 0.15) is 11.1 Å². The number of hydrogen-bond donors (Lipinski definition) is 1. The number of benzene rings is 1. The highest BCUT2D eigenvalue weighted by molar-refractivity contribution is 5.35. The number of nitrogen functional groups attached to an aromatic ring is 1. The van der Waals surface area contributed by atoms with Crippen LogP contribution in [0.4, 0.5) is 14.6 Å². The molecule has 0 fully saturated rings. The second-order valence-electron chi connectivity index (χ2n) is 3.97. The molecule has 0 radical (unpaired) electrons. The Kier molecular flexibility index (Phi) is 2.83. The third-order valence-electron chi connectivity index (χ3n) is 2.54. The highest BCUT2D eigenvalue weighted by atomic mass is 19.3. The maximum absolute atomic E-state index is 13.9. The fourth-order valence-electron chi connectivity index (χ4n) is 1.59. The molecule has 0 spiro atoms. The van der Waals surface area contributed by atoms with Crippen molar-refractivity contribution in [3.63, 3.8) is 0 Å². The number of nitrogens with zero attached hydrogens (tertiary/aromatic N) is 2. The van der Waals surface area contributed by atoms with Crippen LogP contribution in [0.2, 0.25) is 0 Å². The standard InChI is InChI=1S/C12H13F2N3/c1-9-7-17(16-11(9)15)8-12(13,14)10-5-3-2-4-6-10/h2-7H,8H2,1H3,(H2,15,16). The number of anilines is 1. The van der Waals surface area contributed by atoms with Crippen LogP contribution in [0.3, 0.4) is 0 Å². The maximum Gasteiger partial charge on any atom is 0.292 e. The van der Waals surface area contributed by atoms with Gasteiger partial charge in [0, 0.05) is 17.3 Å². The van der Waals surface area contributed by atoms with E-state index in [4.69, 9.17) is 5.73 Å². The Bertz CT molecular complexity index is 486. The number of halogens is 2. The summed E-state index contributed by atoms with van der Waals surface area (Å²) < 4.78 is 28.9. The lowest BCUT2D eigenvalue weighted by atomic mass is 10.1. The van der Waals surface area contributed by atoms with Crippen LogP contribution < -0.4 is 5.73 Å². The molecule has 0 aliphatic heterocycles. The van der Waals surface area contributed by atoms with Gasteiger partial charge in [0.05, 0.1) is 0 Å². The van der Waals surface area contributed by atoms with Crippen molar-refractivity contribution in [3.05, 3.63) is 47.7 Å². The summed E-state index contributed by atoms with van der Waals surface area (Å²) in [4.78, 5) is 0. The molecule has 2 aromatic rings. The Hall–Kier alpha value is -1.91. The van der Waals surface area contributed by atoms with Crippen molar-refractivity contribution in [3.8, 4) is 0 Å². The summed E-state index contributed by atoms with van der Waals surface area (Å²) in [6, 6.07) is 7.69. The Balaban J connectivity index is 2.23. The van der Waals surface area contributed by atoms with Gasteiger partial charge < -0.3 is 5.73 Å². The van der Waals surface area contributed by atoms with Gasteiger partial charge >= 0.3 is 0 Å². The van der Waals surface area contributed by atoms with Crippen LogP contribution in [0, 0.1) is 6.92 Å². The highest BCUT2D eigenvalue weighted by Gasteiger charge is 2.32. The van der Waals surface area contributed by atoms with Gasteiger partial charge in [-0.15, -0.1) is 0 Å². The zero-order valence-corrected chi connectivity index (χ0v) is 9.40. The van der Waals surface area contributed by atoms with E-state index < -0.39 is 12.5 Å². The minimum absolute atomic E-state index is 0.0216. The SMILES string of the molecule is Cc1cn(CC(F)(F)c2ccccc2)nc1N. The summed E-state index contributed by atoms with van der Waals surface area (Å²) in [5, 5.41) is 3.84. The molecule has 0 saturated heterocycles. The predicted molar refractivity (Wildman–Crippen MR) is 61.7 cm³/mol. The van der Waals surface area contributed by atoms with Crippen molar-refractivity contribution in [2.24, 2.45) is 0 Å². The van der Waals surface area contributed by atoms with E-state index in [9.17, 15) is 8.78 Å². The predicted octanol–water partition coefficient (Wildman–Crippen LogP) is 2.57. The van der Waals surface area contributed by atoms with Crippen molar-refractivity contribution < 1.29 is 8.78 Å². The molecule has 17 heavy (non-hydrogen) atoms. The van der Waals surface area contributed by atoms with Gasteiger partial charge in [0.25, 0.3) is 5.92 Å². The molecule has 2 rings (SSSR count). The van der Waals surface area contributed by atoms with E-state index >= 15 is 0 Å². The monoisotopic (exact) mass is 237 g/mol. The molecule has 1 heterocycles. The largest absolute Gasteiger partial charge is 0.382 e. The van der Waals surface area contributed by atoms with Crippen molar-refractivity contribution in [2.75, 3.05) is 5.73 Å². The minimum atomic E-state index is -2.95. The van der Waals surface area contributed by atoms with Crippen molar-refractivity contribution in [1.82, 2.24) is 9.78 Å². The Labute approximate surface area is 97.9 Å². The molecule has 0 bridgehead atoms. The van der Waals surface area contributed by atoms with Gasteiger partial charge in [0.1, 0.15) is 12.4 Å². The minimum Gasteiger partial charge on any atom is -0.382 e. The average Bonchev–Trinajstić information content (AvgIpc) is 2.58. The summed E-state index contributed by atoms with van der Waals surface area (Å²) in [6.07, 6.45) is 1.52. The van der Waals surface area contributed by atoms with E-state index in [0.29, 0.717) is 5.56 Å². The van der Waals surface area contributed by atoms with Gasteiger partial charge in [-0.3, -0.25) is 4.68 Å². The van der Waals surface area contributed by atoms with Crippen molar-refractivity contribution >= 4 is 5.82 Å². The van der Waals surface area contributed by atoms with Crippen LogP contribution in [0.25, 0.3) is 0 Å². The van der Waals surface area contributed by atoms with E-state index in [2.05, 4.69) is 5.10 Å². The summed E-state index contributed by atoms with van der Waals surface area (Å²) >= 11 is 0. The van der Waals surface area contributed by atoms with E-state index in [-0.39, 0.29) is 11.4 Å². The third-order valence-corrected chi connectivity index (χ3v) is 2.54. The highest BCUT2D eigenvalue weighted by Crippen LogP contribution is 2.29. The number of nitrogens with two attached hydrogens (primary N) is 1. The molecular formula is C12H13F2N3. The molecule has 0 amide bonds. The summed E-state index contributed by atoms with van der Waals surface area (Å²) in [5.74, 6) is -2.67. The lowest BCUT2D eigenvalue weighted by Crippen LogP contribution is -2.21. The first-order valence-electron chi connectivity index (χ1n) is 5.22. The first-order chi connectivity index (χ1) is 7.99. The van der Waals surface area contributed by atoms with Crippen LogP contribution in [-0.2, 0) is 12.5 Å². The number of hydrogen-bond acceptors (Lipinski definition) is 2. The van der Waals surface area contributed by atoms with Crippen molar-refractivity contribution in [2.45, 2.75) is 19.4 Å². The molecule has 2 N–H and O–H groups in total. The molecule has 0 atom stereocenters. The molecule has 1 aromatic carbocycles. The molecule has 90 valence electrons. The van der Waals surface area contributed by atoms with Crippen molar-refractivity contribution in [1.29, 1.82) is 0 Å². The summed E-state index contributed by atoms with van der Waals surface area (Å²) in [7, 11) is 0. The molecular weight excluding hydrogens is 224 g/mol. The van der Waals surface area contributed by atoms with E-state index in [0.717, 1.165) is 0 Å². The van der Waals surface area contributed by atoms with Gasteiger partial charge in [-0.25, -0.2) is 0 Å². The lowest BCUT2D eigenvalue weighted by Gasteiger charge is -2.16. The van der Waals surface area contributed by atoms with Gasteiger partial charge in [0.15, 0.2) is 0 Å². The summed E-state index contributed by atoms with van der Waals surface area (Å²) in [6.45, 7) is 1.23. The molecule has 1 aromatic heterocycles. The lowest BCUT2D eigenvalue weighted by molar-refractivity contribution is -0.0253. The molecule has 0 aliphatic carbocycles. The first-order valence-corrected chi connectivity index (χ1v) is 5.22. The van der Waals surface area contributed by atoms with Gasteiger partial charge in [-0.2, -0.15) is 13.9 Å². The Morgan fingerprint density at radius 1 is 1.29 bits per heavy atom. The number of rotatable bonds is 3. The number of aromatic nitrogens is 2. The molecule has 0 aliphatic rings. The summed E-state index contributed by atoms with van der Waals surface area (Å²) in [5.41, 5.74) is 6.20. The van der Waals surface area contributed by atoms with Crippen LogP contribution in [0.5, 0.6) is 0 Å². The van der Waals surface area contributed by atoms with E-state index in [1.807, 2.05) is 0 Å². The maximum atomic E-state index is 13.9. The third kappa shape index (κ3) is 2.43. The molecule has 0 saturated carbocycles. The van der Waals surface area contributed by atoms with Gasteiger partial charge in [-0.05, 0) is 6.92 Å². The smallest absolute Gasteiger partial charge is 0.292 e. The zero-order chi connectivity index (χ0) is 12.5. The van der Waals surface area contributed by atoms with Crippen LogP contribution in [0.15, 0.2) is 36.5 Å². The molecule has 0 unspecified atom stereocenters. The van der Waals surface area contributed by atoms with Gasteiger partial charge in [0.2, 0.25) is 0 Å². The topological polar surface area (TPSA) is 43.8 Å². The average molecular weight is 237 g/mol. The Morgan fingerprint density at radius 2 is 1.94 bits per heavy atom. The fourth-order valence-corrected chi connectivity index (χ4v) is 1.59. The van der Waals surface area contributed by atoms with E-state index in [1.165, 1.54) is 23.0 Å². The normalized spacial score (nSPS) is 11.7. The second-order valence-corrected chi connectivity index (χ2v) is 3.97. The quantitative estimate of drug-likeness (QED) is 0.891. The first kappa shape index (κ1) is 11.6. The Morgan fingerprint density at radius 3 is 2.47 bits per heavy atom.